The molecule has 1 atom stereocenters. The van der Waals surface area contributed by atoms with E-state index in [1.165, 1.54) is 6.08 Å². The molecule has 1 unspecified atom stereocenters. The molecule has 124 valence electrons. The maximum Gasteiger partial charge on any atom is 0.433 e. The van der Waals surface area contributed by atoms with E-state index in [2.05, 4.69) is 10.6 Å². The molecule has 2 heterocycles. The van der Waals surface area contributed by atoms with Crippen LogP contribution in [-0.4, -0.2) is 24.2 Å². The highest BCUT2D eigenvalue weighted by Crippen LogP contribution is 2.41. The SMILES string of the molecule is CC(c1c(Cl)n[nH]c1C(F)(F)F)S(=O)(=O)C1=CC(C)(C)ON1. The molecule has 2 N–H and O–H groups in total. The van der Waals surface area contributed by atoms with Gasteiger partial charge in [-0.05, 0) is 26.8 Å². The molecule has 0 aromatic carbocycles. The van der Waals surface area contributed by atoms with Crippen molar-refractivity contribution in [1.29, 1.82) is 0 Å². The number of aromatic amines is 1. The second-order valence-electron chi connectivity index (χ2n) is 5.30. The predicted molar refractivity (Wildman–Crippen MR) is 72.3 cm³/mol. The van der Waals surface area contributed by atoms with Crippen molar-refractivity contribution in [3.63, 3.8) is 0 Å². The van der Waals surface area contributed by atoms with E-state index in [9.17, 15) is 21.6 Å². The van der Waals surface area contributed by atoms with Gasteiger partial charge in [0.15, 0.2) is 10.2 Å². The highest BCUT2D eigenvalue weighted by atomic mass is 35.5. The first-order chi connectivity index (χ1) is 9.86. The first-order valence-electron chi connectivity index (χ1n) is 6.08. The first kappa shape index (κ1) is 17.1. The Morgan fingerprint density at radius 2 is 2.00 bits per heavy atom. The van der Waals surface area contributed by atoms with Crippen LogP contribution in [0.15, 0.2) is 11.1 Å². The van der Waals surface area contributed by atoms with E-state index in [-0.39, 0.29) is 5.03 Å². The molecule has 0 radical (unpaired) electrons. The fraction of sp³-hybridized carbons (Fsp3) is 0.545. The normalized spacial score (nSPS) is 19.7. The van der Waals surface area contributed by atoms with Gasteiger partial charge in [0.25, 0.3) is 0 Å². The molecule has 0 saturated carbocycles. The molecule has 22 heavy (non-hydrogen) atoms. The minimum Gasteiger partial charge on any atom is -0.272 e. The lowest BCUT2D eigenvalue weighted by atomic mass is 10.1. The Kier molecular flexibility index (Phi) is 3.99. The summed E-state index contributed by atoms with van der Waals surface area (Å²) in [6.07, 6.45) is -3.52. The van der Waals surface area contributed by atoms with Crippen LogP contribution in [0.3, 0.4) is 0 Å². The zero-order valence-electron chi connectivity index (χ0n) is 11.7. The minimum absolute atomic E-state index is 0.310. The van der Waals surface area contributed by atoms with E-state index in [4.69, 9.17) is 16.4 Å². The summed E-state index contributed by atoms with van der Waals surface area (Å²) in [5.74, 6) is 0. The highest BCUT2D eigenvalue weighted by Gasteiger charge is 2.43. The number of rotatable bonds is 3. The largest absolute Gasteiger partial charge is 0.433 e. The van der Waals surface area contributed by atoms with Crippen molar-refractivity contribution in [2.75, 3.05) is 0 Å². The molecule has 1 aromatic rings. The third-order valence-electron chi connectivity index (χ3n) is 3.11. The van der Waals surface area contributed by atoms with Gasteiger partial charge in [0, 0.05) is 5.56 Å². The van der Waals surface area contributed by atoms with Crippen molar-refractivity contribution in [1.82, 2.24) is 15.7 Å². The summed E-state index contributed by atoms with van der Waals surface area (Å²) in [5, 5.41) is 2.58. The number of nitrogens with one attached hydrogen (secondary N) is 2. The predicted octanol–water partition coefficient (Wildman–Crippen LogP) is 2.71. The Hall–Kier alpha value is -1.26. The average Bonchev–Trinajstić information content (AvgIpc) is 2.90. The Balaban J connectivity index is 2.49. The second kappa shape index (κ2) is 5.14. The van der Waals surface area contributed by atoms with Crippen LogP contribution in [0.25, 0.3) is 0 Å². The summed E-state index contributed by atoms with van der Waals surface area (Å²) in [7, 11) is -4.16. The molecule has 0 fully saturated rings. The highest BCUT2D eigenvalue weighted by molar-refractivity contribution is 7.95. The maximum atomic E-state index is 12.9. The molecule has 0 amide bonds. The summed E-state index contributed by atoms with van der Waals surface area (Å²) in [4.78, 5) is 5.03. The van der Waals surface area contributed by atoms with Crippen molar-refractivity contribution >= 4 is 21.4 Å². The van der Waals surface area contributed by atoms with E-state index >= 15 is 0 Å². The molecule has 2 rings (SSSR count). The number of sulfone groups is 1. The Bertz CT molecular complexity index is 725. The molecule has 6 nitrogen and oxygen atoms in total. The summed E-state index contributed by atoms with van der Waals surface area (Å²) < 4.78 is 63.7. The maximum absolute atomic E-state index is 12.9. The van der Waals surface area contributed by atoms with Gasteiger partial charge in [0.1, 0.15) is 11.3 Å². The van der Waals surface area contributed by atoms with Gasteiger partial charge in [-0.25, -0.2) is 8.42 Å². The van der Waals surface area contributed by atoms with E-state index in [1.54, 1.807) is 18.9 Å². The zero-order chi connectivity index (χ0) is 16.9. The van der Waals surface area contributed by atoms with Crippen molar-refractivity contribution in [3.8, 4) is 0 Å². The monoisotopic (exact) mass is 359 g/mol. The standard InChI is InChI=1S/C11H13ClF3N3O3S/c1-5(7-8(11(13,14)15)16-17-9(7)12)22(19,20)6-4-10(2,3)21-18-6/h4-5,18H,1-3H3,(H,16,17). The number of aromatic nitrogens is 2. The van der Waals surface area contributed by atoms with Crippen LogP contribution in [0, 0.1) is 0 Å². The van der Waals surface area contributed by atoms with Crippen molar-refractivity contribution in [2.45, 2.75) is 37.8 Å². The number of halogens is 4. The summed E-state index contributed by atoms with van der Waals surface area (Å²) in [5.41, 5.74) is -0.576. The van der Waals surface area contributed by atoms with E-state index < -0.39 is 43.3 Å². The number of alkyl halides is 3. The van der Waals surface area contributed by atoms with Crippen LogP contribution < -0.4 is 5.48 Å². The van der Waals surface area contributed by atoms with Gasteiger partial charge in [-0.15, -0.1) is 0 Å². The van der Waals surface area contributed by atoms with Crippen LogP contribution in [0.5, 0.6) is 0 Å². The topological polar surface area (TPSA) is 84.1 Å². The Labute approximate surface area is 129 Å². The first-order valence-corrected chi connectivity index (χ1v) is 8.00. The van der Waals surface area contributed by atoms with Crippen molar-refractivity contribution in [2.24, 2.45) is 0 Å². The van der Waals surface area contributed by atoms with E-state index in [0.717, 1.165) is 6.92 Å². The van der Waals surface area contributed by atoms with E-state index in [0.29, 0.717) is 0 Å². The van der Waals surface area contributed by atoms with Gasteiger partial charge < -0.3 is 0 Å². The summed E-state index contributed by atoms with van der Waals surface area (Å²) in [6.45, 7) is 4.30. The molecule has 0 aliphatic carbocycles. The average molecular weight is 360 g/mol. The molecular formula is C11H13ClF3N3O3S. The van der Waals surface area contributed by atoms with Crippen LogP contribution in [0.1, 0.15) is 37.3 Å². The molecule has 1 aliphatic rings. The second-order valence-corrected chi connectivity index (χ2v) is 7.90. The van der Waals surface area contributed by atoms with Crippen molar-refractivity contribution in [3.05, 3.63) is 27.5 Å². The fourth-order valence-corrected chi connectivity index (χ4v) is 3.85. The third kappa shape index (κ3) is 2.95. The molecule has 0 saturated heterocycles. The number of hydrogen-bond donors (Lipinski definition) is 2. The molecule has 1 aliphatic heterocycles. The Morgan fingerprint density at radius 3 is 2.45 bits per heavy atom. The lowest BCUT2D eigenvalue weighted by Crippen LogP contribution is -2.24. The molecule has 0 spiro atoms. The lowest BCUT2D eigenvalue weighted by molar-refractivity contribution is -0.141. The molecular weight excluding hydrogens is 347 g/mol. The van der Waals surface area contributed by atoms with Crippen LogP contribution in [0.4, 0.5) is 13.2 Å². The van der Waals surface area contributed by atoms with Crippen LogP contribution >= 0.6 is 11.6 Å². The van der Waals surface area contributed by atoms with E-state index in [1.807, 2.05) is 0 Å². The fourth-order valence-electron chi connectivity index (χ4n) is 1.96. The van der Waals surface area contributed by atoms with Gasteiger partial charge in [-0.3, -0.25) is 15.4 Å². The van der Waals surface area contributed by atoms with Crippen LogP contribution in [0.2, 0.25) is 5.15 Å². The van der Waals surface area contributed by atoms with Gasteiger partial charge >= 0.3 is 6.18 Å². The van der Waals surface area contributed by atoms with Gasteiger partial charge in [0.05, 0.1) is 5.25 Å². The Morgan fingerprint density at radius 1 is 1.41 bits per heavy atom. The third-order valence-corrected chi connectivity index (χ3v) is 5.38. The lowest BCUT2D eigenvalue weighted by Gasteiger charge is -2.15. The van der Waals surface area contributed by atoms with Gasteiger partial charge in [0.2, 0.25) is 9.84 Å². The quantitative estimate of drug-likeness (QED) is 0.867. The van der Waals surface area contributed by atoms with Gasteiger partial charge in [-0.1, -0.05) is 11.6 Å². The molecule has 11 heteroatoms. The zero-order valence-corrected chi connectivity index (χ0v) is 13.3. The smallest absolute Gasteiger partial charge is 0.272 e. The minimum atomic E-state index is -4.80. The van der Waals surface area contributed by atoms with Gasteiger partial charge in [-0.2, -0.15) is 18.3 Å². The number of nitrogens with zero attached hydrogens (tertiary/aromatic N) is 1. The number of H-pyrrole nitrogens is 1. The number of hydroxylamine groups is 1. The molecule has 1 aromatic heterocycles. The number of hydrogen-bond acceptors (Lipinski definition) is 5. The molecule has 0 bridgehead atoms. The van der Waals surface area contributed by atoms with Crippen LogP contribution in [-0.2, 0) is 20.9 Å². The summed E-state index contributed by atoms with van der Waals surface area (Å²) in [6, 6.07) is 0. The summed E-state index contributed by atoms with van der Waals surface area (Å²) >= 11 is 5.64. The van der Waals surface area contributed by atoms with Crippen molar-refractivity contribution < 1.29 is 26.4 Å².